The average molecular weight is 349 g/mol. The van der Waals surface area contributed by atoms with E-state index in [1.807, 2.05) is 25.1 Å². The Labute approximate surface area is 127 Å². The van der Waals surface area contributed by atoms with Gasteiger partial charge in [0, 0.05) is 24.2 Å². The van der Waals surface area contributed by atoms with Crippen molar-refractivity contribution < 1.29 is 9.47 Å². The maximum atomic E-state index is 6.09. The number of hydrogen-bond acceptors (Lipinski definition) is 3. The summed E-state index contributed by atoms with van der Waals surface area (Å²) in [6, 6.07) is 5.61. The van der Waals surface area contributed by atoms with Crippen molar-refractivity contribution in [1.82, 2.24) is 5.32 Å². The molecule has 5 heteroatoms. The minimum Gasteiger partial charge on any atom is -0.488 e. The van der Waals surface area contributed by atoms with Crippen LogP contribution in [-0.2, 0) is 4.74 Å². The highest BCUT2D eigenvalue weighted by atomic mass is 79.9. The fraction of sp³-hybridized carbons (Fsp3) is 0.571. The van der Waals surface area contributed by atoms with E-state index in [1.54, 1.807) is 0 Å². The molecule has 0 spiro atoms. The molecule has 1 aromatic rings. The number of halogens is 2. The van der Waals surface area contributed by atoms with Gasteiger partial charge in [0.15, 0.2) is 0 Å². The highest BCUT2D eigenvalue weighted by Gasteiger charge is 2.15. The Morgan fingerprint density at radius 1 is 1.58 bits per heavy atom. The monoisotopic (exact) mass is 347 g/mol. The summed E-state index contributed by atoms with van der Waals surface area (Å²) < 4.78 is 12.3. The predicted molar refractivity (Wildman–Crippen MR) is 81.1 cm³/mol. The van der Waals surface area contributed by atoms with Crippen LogP contribution in [0.2, 0.25) is 5.02 Å². The number of hydrogen-bond donors (Lipinski definition) is 1. The van der Waals surface area contributed by atoms with Crippen LogP contribution in [0.5, 0.6) is 5.75 Å². The SMILES string of the molecule is CC(CNCC1CCCO1)Oc1cc(Br)ccc1Cl. The van der Waals surface area contributed by atoms with Crippen molar-refractivity contribution in [3.8, 4) is 5.75 Å². The van der Waals surface area contributed by atoms with E-state index in [-0.39, 0.29) is 6.10 Å². The van der Waals surface area contributed by atoms with Gasteiger partial charge < -0.3 is 14.8 Å². The van der Waals surface area contributed by atoms with Crippen LogP contribution in [-0.4, -0.2) is 31.9 Å². The molecule has 1 aromatic carbocycles. The normalized spacial score (nSPS) is 20.5. The molecule has 0 aliphatic carbocycles. The van der Waals surface area contributed by atoms with E-state index in [4.69, 9.17) is 21.1 Å². The summed E-state index contributed by atoms with van der Waals surface area (Å²) in [4.78, 5) is 0. The van der Waals surface area contributed by atoms with Crippen molar-refractivity contribution in [2.45, 2.75) is 32.0 Å². The first-order chi connectivity index (χ1) is 9.15. The molecule has 19 heavy (non-hydrogen) atoms. The minimum atomic E-state index is 0.0632. The third kappa shape index (κ3) is 4.95. The zero-order valence-electron chi connectivity index (χ0n) is 11.0. The van der Waals surface area contributed by atoms with E-state index in [0.29, 0.717) is 16.9 Å². The van der Waals surface area contributed by atoms with Crippen molar-refractivity contribution in [3.05, 3.63) is 27.7 Å². The smallest absolute Gasteiger partial charge is 0.139 e. The summed E-state index contributed by atoms with van der Waals surface area (Å²) in [6.45, 7) is 4.59. The van der Waals surface area contributed by atoms with Gasteiger partial charge in [0.2, 0.25) is 0 Å². The summed E-state index contributed by atoms with van der Waals surface area (Å²) in [6.07, 6.45) is 2.75. The summed E-state index contributed by atoms with van der Waals surface area (Å²) >= 11 is 9.50. The second-order valence-electron chi connectivity index (χ2n) is 4.80. The van der Waals surface area contributed by atoms with E-state index in [2.05, 4.69) is 21.2 Å². The van der Waals surface area contributed by atoms with E-state index in [0.717, 1.165) is 30.6 Å². The Hall–Kier alpha value is -0.290. The fourth-order valence-electron chi connectivity index (χ4n) is 2.08. The molecule has 1 fully saturated rings. The molecular weight excluding hydrogens is 330 g/mol. The van der Waals surface area contributed by atoms with Gasteiger partial charge in [-0.15, -0.1) is 0 Å². The minimum absolute atomic E-state index is 0.0632. The van der Waals surface area contributed by atoms with Gasteiger partial charge in [-0.3, -0.25) is 0 Å². The molecule has 2 rings (SSSR count). The third-order valence-corrected chi connectivity index (χ3v) is 3.85. The predicted octanol–water partition coefficient (Wildman–Crippen LogP) is 3.64. The second-order valence-corrected chi connectivity index (χ2v) is 6.12. The summed E-state index contributed by atoms with van der Waals surface area (Å²) in [5.74, 6) is 0.711. The first-order valence-electron chi connectivity index (χ1n) is 6.59. The Balaban J connectivity index is 1.73. The summed E-state index contributed by atoms with van der Waals surface area (Å²) in [5.41, 5.74) is 0. The molecule has 1 aliphatic heterocycles. The van der Waals surface area contributed by atoms with Crippen molar-refractivity contribution in [2.24, 2.45) is 0 Å². The Kier molecular flexibility index (Phi) is 5.95. The molecule has 2 atom stereocenters. The maximum absolute atomic E-state index is 6.09. The first kappa shape index (κ1) is 15.1. The molecule has 106 valence electrons. The molecule has 0 aromatic heterocycles. The average Bonchev–Trinajstić information content (AvgIpc) is 2.87. The maximum Gasteiger partial charge on any atom is 0.139 e. The molecular formula is C14H19BrClNO2. The van der Waals surface area contributed by atoms with E-state index in [9.17, 15) is 0 Å². The fourth-order valence-corrected chi connectivity index (χ4v) is 2.58. The van der Waals surface area contributed by atoms with Gasteiger partial charge >= 0.3 is 0 Å². The van der Waals surface area contributed by atoms with Crippen LogP contribution in [0.1, 0.15) is 19.8 Å². The Bertz CT molecular complexity index is 410. The number of rotatable bonds is 6. The highest BCUT2D eigenvalue weighted by molar-refractivity contribution is 9.10. The Morgan fingerprint density at radius 2 is 2.42 bits per heavy atom. The van der Waals surface area contributed by atoms with Crippen LogP contribution in [0.4, 0.5) is 0 Å². The topological polar surface area (TPSA) is 30.5 Å². The lowest BCUT2D eigenvalue weighted by molar-refractivity contribution is 0.106. The van der Waals surface area contributed by atoms with Gasteiger partial charge in [0.1, 0.15) is 11.9 Å². The van der Waals surface area contributed by atoms with Crippen LogP contribution in [0.25, 0.3) is 0 Å². The molecule has 1 aliphatic rings. The van der Waals surface area contributed by atoms with Gasteiger partial charge in [0.05, 0.1) is 11.1 Å². The molecule has 1 saturated heterocycles. The largest absolute Gasteiger partial charge is 0.488 e. The van der Waals surface area contributed by atoms with Gasteiger partial charge in [-0.2, -0.15) is 0 Å². The molecule has 1 heterocycles. The quantitative estimate of drug-likeness (QED) is 0.851. The summed E-state index contributed by atoms with van der Waals surface area (Å²) in [5, 5.41) is 4.01. The van der Waals surface area contributed by atoms with E-state index in [1.165, 1.54) is 6.42 Å². The van der Waals surface area contributed by atoms with Crippen molar-refractivity contribution in [1.29, 1.82) is 0 Å². The van der Waals surface area contributed by atoms with Crippen LogP contribution in [0, 0.1) is 0 Å². The highest BCUT2D eigenvalue weighted by Crippen LogP contribution is 2.28. The number of ether oxygens (including phenoxy) is 2. The first-order valence-corrected chi connectivity index (χ1v) is 7.76. The van der Waals surface area contributed by atoms with Gasteiger partial charge in [-0.1, -0.05) is 27.5 Å². The molecule has 3 nitrogen and oxygen atoms in total. The number of benzene rings is 1. The molecule has 0 radical (unpaired) electrons. The van der Waals surface area contributed by atoms with Crippen LogP contribution >= 0.6 is 27.5 Å². The van der Waals surface area contributed by atoms with Gasteiger partial charge in [-0.25, -0.2) is 0 Å². The molecule has 1 N–H and O–H groups in total. The lowest BCUT2D eigenvalue weighted by Crippen LogP contribution is -2.34. The zero-order valence-corrected chi connectivity index (χ0v) is 13.3. The van der Waals surface area contributed by atoms with Crippen molar-refractivity contribution in [2.75, 3.05) is 19.7 Å². The zero-order chi connectivity index (χ0) is 13.7. The van der Waals surface area contributed by atoms with Crippen LogP contribution in [0.3, 0.4) is 0 Å². The molecule has 0 amide bonds. The lowest BCUT2D eigenvalue weighted by atomic mass is 10.2. The lowest BCUT2D eigenvalue weighted by Gasteiger charge is -2.18. The van der Waals surface area contributed by atoms with Crippen molar-refractivity contribution >= 4 is 27.5 Å². The molecule has 0 saturated carbocycles. The van der Waals surface area contributed by atoms with Crippen LogP contribution < -0.4 is 10.1 Å². The van der Waals surface area contributed by atoms with Crippen molar-refractivity contribution in [3.63, 3.8) is 0 Å². The Morgan fingerprint density at radius 3 is 3.16 bits per heavy atom. The summed E-state index contributed by atoms with van der Waals surface area (Å²) in [7, 11) is 0. The third-order valence-electron chi connectivity index (χ3n) is 3.05. The van der Waals surface area contributed by atoms with E-state index < -0.39 is 0 Å². The second kappa shape index (κ2) is 7.48. The molecule has 2 unspecified atom stereocenters. The number of nitrogens with one attached hydrogen (secondary N) is 1. The van der Waals surface area contributed by atoms with Crippen LogP contribution in [0.15, 0.2) is 22.7 Å². The molecule has 0 bridgehead atoms. The van der Waals surface area contributed by atoms with E-state index >= 15 is 0 Å². The van der Waals surface area contributed by atoms with Gasteiger partial charge in [-0.05, 0) is 38.0 Å². The van der Waals surface area contributed by atoms with Gasteiger partial charge in [0.25, 0.3) is 0 Å². The standard InChI is InChI=1S/C14H19BrClNO2/c1-10(8-17-9-12-3-2-6-18-12)19-14-7-11(15)4-5-13(14)16/h4-5,7,10,12,17H,2-3,6,8-9H2,1H3.